The van der Waals surface area contributed by atoms with E-state index in [1.54, 1.807) is 6.92 Å². The van der Waals surface area contributed by atoms with E-state index in [9.17, 15) is 18.8 Å². The second-order valence-corrected chi connectivity index (χ2v) is 4.70. The van der Waals surface area contributed by atoms with Gasteiger partial charge in [-0.3, -0.25) is 14.7 Å². The monoisotopic (exact) mass is 292 g/mol. The van der Waals surface area contributed by atoms with E-state index >= 15 is 0 Å². The number of aromatic nitrogens is 2. The van der Waals surface area contributed by atoms with E-state index in [0.717, 1.165) is 16.8 Å². The molecule has 2 rings (SSSR count). The van der Waals surface area contributed by atoms with Crippen LogP contribution in [0.1, 0.15) is 27.0 Å². The number of carboxylic acids is 1. The van der Waals surface area contributed by atoms with Crippen molar-refractivity contribution in [2.75, 3.05) is 0 Å². The number of carboxylic acid groups (broad SMARTS) is 1. The first-order valence-electron chi connectivity index (χ1n) is 6.13. The van der Waals surface area contributed by atoms with E-state index < -0.39 is 22.9 Å². The molecular weight excluding hydrogens is 279 g/mol. The summed E-state index contributed by atoms with van der Waals surface area (Å²) < 4.78 is 14.4. The fourth-order valence-electron chi connectivity index (χ4n) is 1.92. The van der Waals surface area contributed by atoms with Gasteiger partial charge in [0.15, 0.2) is 0 Å². The lowest BCUT2D eigenvalue weighted by molar-refractivity contribution is 0.0691. The number of aromatic carboxylic acids is 1. The number of H-pyrrole nitrogens is 1. The van der Waals surface area contributed by atoms with E-state index in [-0.39, 0.29) is 12.1 Å². The summed E-state index contributed by atoms with van der Waals surface area (Å²) in [5.74, 6) is -2.25. The molecule has 0 saturated heterocycles. The average molecular weight is 292 g/mol. The highest BCUT2D eigenvalue weighted by Gasteiger charge is 2.12. The van der Waals surface area contributed by atoms with Gasteiger partial charge in [0, 0.05) is 11.1 Å². The topological polar surface area (TPSA) is 92.2 Å². The Morgan fingerprint density at radius 2 is 1.95 bits per heavy atom. The van der Waals surface area contributed by atoms with Crippen molar-refractivity contribution in [2.45, 2.75) is 20.4 Å². The van der Waals surface area contributed by atoms with Crippen LogP contribution < -0.4 is 11.1 Å². The van der Waals surface area contributed by atoms with Gasteiger partial charge in [-0.05, 0) is 31.5 Å². The van der Waals surface area contributed by atoms with Crippen LogP contribution in [-0.2, 0) is 6.54 Å². The number of hydrogen-bond donors (Lipinski definition) is 2. The van der Waals surface area contributed by atoms with Gasteiger partial charge in [-0.2, -0.15) is 0 Å². The Morgan fingerprint density at radius 3 is 2.57 bits per heavy atom. The van der Waals surface area contributed by atoms with Crippen molar-refractivity contribution in [3.63, 3.8) is 0 Å². The lowest BCUT2D eigenvalue weighted by Gasteiger charge is -2.09. The Morgan fingerprint density at radius 1 is 1.29 bits per heavy atom. The summed E-state index contributed by atoms with van der Waals surface area (Å²) in [7, 11) is 0. The zero-order valence-electron chi connectivity index (χ0n) is 11.4. The molecule has 0 radical (unpaired) electrons. The third kappa shape index (κ3) is 2.76. The van der Waals surface area contributed by atoms with Crippen molar-refractivity contribution < 1.29 is 14.3 Å². The molecule has 21 heavy (non-hydrogen) atoms. The predicted octanol–water partition coefficient (Wildman–Crippen LogP) is 1.04. The summed E-state index contributed by atoms with van der Waals surface area (Å²) in [6.45, 7) is 3.03. The van der Waals surface area contributed by atoms with Gasteiger partial charge in [-0.25, -0.2) is 13.9 Å². The molecular formula is C14H13FN2O4. The second-order valence-electron chi connectivity index (χ2n) is 4.70. The molecule has 7 heteroatoms. The van der Waals surface area contributed by atoms with Gasteiger partial charge in [-0.15, -0.1) is 0 Å². The minimum atomic E-state index is -1.39. The van der Waals surface area contributed by atoms with Crippen LogP contribution in [0.25, 0.3) is 0 Å². The number of carbonyl (C=O) groups is 1. The van der Waals surface area contributed by atoms with Crippen LogP contribution in [0.5, 0.6) is 0 Å². The average Bonchev–Trinajstić information content (AvgIpc) is 2.44. The van der Waals surface area contributed by atoms with Crippen LogP contribution in [0, 0.1) is 19.7 Å². The fraction of sp³-hybridized carbons (Fsp3) is 0.214. The minimum absolute atomic E-state index is 0.0459. The van der Waals surface area contributed by atoms with Gasteiger partial charge < -0.3 is 5.11 Å². The molecule has 0 saturated carbocycles. The molecule has 0 aliphatic heterocycles. The minimum Gasteiger partial charge on any atom is -0.478 e. The van der Waals surface area contributed by atoms with E-state index in [0.29, 0.717) is 16.7 Å². The van der Waals surface area contributed by atoms with Crippen LogP contribution in [0.2, 0.25) is 0 Å². The highest BCUT2D eigenvalue weighted by molar-refractivity contribution is 5.88. The molecule has 0 aliphatic rings. The molecule has 2 N–H and O–H groups in total. The maximum atomic E-state index is 13.3. The summed E-state index contributed by atoms with van der Waals surface area (Å²) in [5.41, 5.74) is -0.205. The van der Waals surface area contributed by atoms with Gasteiger partial charge in [-0.1, -0.05) is 6.07 Å². The predicted molar refractivity (Wildman–Crippen MR) is 73.3 cm³/mol. The van der Waals surface area contributed by atoms with Crippen molar-refractivity contribution in [3.05, 3.63) is 67.0 Å². The van der Waals surface area contributed by atoms with Crippen LogP contribution in [0.3, 0.4) is 0 Å². The summed E-state index contributed by atoms with van der Waals surface area (Å²) >= 11 is 0. The number of nitrogens with one attached hydrogen (secondary N) is 1. The summed E-state index contributed by atoms with van der Waals surface area (Å²) in [6.07, 6.45) is 0. The number of aromatic amines is 1. The van der Waals surface area contributed by atoms with E-state index in [1.807, 2.05) is 0 Å². The molecule has 110 valence electrons. The maximum Gasteiger partial charge on any atom is 0.338 e. The number of nitrogens with zero attached hydrogens (tertiary/aromatic N) is 1. The van der Waals surface area contributed by atoms with Crippen molar-refractivity contribution >= 4 is 5.97 Å². The maximum absolute atomic E-state index is 13.3. The van der Waals surface area contributed by atoms with Gasteiger partial charge in [0.05, 0.1) is 12.1 Å². The molecule has 0 unspecified atom stereocenters. The molecule has 6 nitrogen and oxygen atoms in total. The largest absolute Gasteiger partial charge is 0.478 e. The van der Waals surface area contributed by atoms with Crippen LogP contribution in [-0.4, -0.2) is 20.9 Å². The lowest BCUT2D eigenvalue weighted by Crippen LogP contribution is -2.33. The highest BCUT2D eigenvalue weighted by Crippen LogP contribution is 2.11. The molecule has 0 spiro atoms. The molecule has 0 atom stereocenters. The first kappa shape index (κ1) is 14.7. The van der Waals surface area contributed by atoms with Crippen LogP contribution in [0.4, 0.5) is 4.39 Å². The lowest BCUT2D eigenvalue weighted by atomic mass is 10.1. The van der Waals surface area contributed by atoms with Gasteiger partial charge in [0.1, 0.15) is 5.82 Å². The highest BCUT2D eigenvalue weighted by atomic mass is 19.1. The normalized spacial score (nSPS) is 10.6. The van der Waals surface area contributed by atoms with E-state index in [1.165, 1.54) is 13.0 Å². The second kappa shape index (κ2) is 5.35. The molecule has 1 aromatic heterocycles. The number of hydrogen-bond acceptors (Lipinski definition) is 3. The standard InChI is InChI=1S/C14H13FN2O4/c1-7-8(2)13(19)17(16-12(7)18)6-9-3-4-11(15)10(5-9)14(20)21/h3-5H,6H2,1-2H3,(H,16,18)(H,20,21). The quantitative estimate of drug-likeness (QED) is 0.884. The van der Waals surface area contributed by atoms with Crippen LogP contribution in [0.15, 0.2) is 27.8 Å². The third-order valence-corrected chi connectivity index (χ3v) is 3.31. The van der Waals surface area contributed by atoms with Gasteiger partial charge in [0.2, 0.25) is 0 Å². The van der Waals surface area contributed by atoms with Crippen molar-refractivity contribution in [2.24, 2.45) is 0 Å². The number of halogens is 1. The van der Waals surface area contributed by atoms with E-state index in [2.05, 4.69) is 5.10 Å². The molecule has 1 aromatic carbocycles. The van der Waals surface area contributed by atoms with Crippen molar-refractivity contribution in [1.82, 2.24) is 9.78 Å². The van der Waals surface area contributed by atoms with Gasteiger partial charge >= 0.3 is 5.97 Å². The molecule has 0 bridgehead atoms. The summed E-state index contributed by atoms with van der Waals surface area (Å²) in [6, 6.07) is 3.52. The number of benzene rings is 1. The zero-order valence-corrected chi connectivity index (χ0v) is 11.4. The Hall–Kier alpha value is -2.70. The summed E-state index contributed by atoms with van der Waals surface area (Å²) in [5, 5.41) is 11.3. The fourth-order valence-corrected chi connectivity index (χ4v) is 1.92. The molecule has 0 aliphatic carbocycles. The van der Waals surface area contributed by atoms with E-state index in [4.69, 9.17) is 5.11 Å². The molecule has 0 amide bonds. The van der Waals surface area contributed by atoms with Crippen molar-refractivity contribution in [1.29, 1.82) is 0 Å². The molecule has 0 fully saturated rings. The Bertz CT molecular complexity index is 836. The van der Waals surface area contributed by atoms with Gasteiger partial charge in [0.25, 0.3) is 11.1 Å². The Kier molecular flexibility index (Phi) is 3.75. The Balaban J connectivity index is 2.49. The SMILES string of the molecule is Cc1c(C)c(=O)n(Cc2ccc(F)c(C(=O)O)c2)[nH]c1=O. The third-order valence-electron chi connectivity index (χ3n) is 3.31. The zero-order chi connectivity index (χ0) is 15.7. The first-order chi connectivity index (χ1) is 9.81. The van der Waals surface area contributed by atoms with Crippen molar-refractivity contribution in [3.8, 4) is 0 Å². The Labute approximate surface area is 118 Å². The number of rotatable bonds is 3. The summed E-state index contributed by atoms with van der Waals surface area (Å²) in [4.78, 5) is 34.6. The first-order valence-corrected chi connectivity index (χ1v) is 6.13. The molecule has 1 heterocycles. The van der Waals surface area contributed by atoms with Crippen LogP contribution >= 0.6 is 0 Å². The smallest absolute Gasteiger partial charge is 0.338 e. The molecule has 2 aromatic rings.